The molecule has 6 heteroatoms. The first-order chi connectivity index (χ1) is 10.1. The van der Waals surface area contributed by atoms with Crippen LogP contribution in [-0.2, 0) is 4.74 Å². The van der Waals surface area contributed by atoms with E-state index < -0.39 is 0 Å². The van der Waals surface area contributed by atoms with E-state index in [-0.39, 0.29) is 10.8 Å². The topological polar surface area (TPSA) is 59.4 Å². The second kappa shape index (κ2) is 6.01. The summed E-state index contributed by atoms with van der Waals surface area (Å²) in [5, 5.41) is 4.31. The Morgan fingerprint density at radius 2 is 2.14 bits per heavy atom. The molecule has 2 aliphatic rings. The average molecular weight is 309 g/mol. The molecule has 1 aromatic rings. The smallest absolute Gasteiger partial charge is 0.270 e. The van der Waals surface area contributed by atoms with Crippen LogP contribution in [0.25, 0.3) is 0 Å². The molecule has 116 valence electrons. The zero-order chi connectivity index (χ0) is 15.0. The fraction of sp³-hybridized carbons (Fsp3) is 0.733. The first-order valence-corrected chi connectivity index (χ1v) is 8.58. The van der Waals surface area contributed by atoms with Gasteiger partial charge in [0.1, 0.15) is 0 Å². The molecule has 0 amide bonds. The maximum absolute atomic E-state index is 12.4. The molecule has 3 heterocycles. The van der Waals surface area contributed by atoms with Crippen molar-refractivity contribution in [2.75, 3.05) is 13.2 Å². The number of fused-ring (bicyclic) bond motifs is 1. The van der Waals surface area contributed by atoms with Gasteiger partial charge in [-0.3, -0.25) is 14.6 Å². The van der Waals surface area contributed by atoms with Crippen LogP contribution in [-0.4, -0.2) is 28.0 Å². The lowest BCUT2D eigenvalue weighted by atomic mass is 10.0. The number of aromatic amines is 1. The standard InChI is InChI=1S/C15H23N3O2S/c1-9(2)8-12-13-14(16-10(3)21-12)18(17-15(13)19)11-4-6-20-7-5-11/h9,11-12H,4-8H2,1-3H3,(H,17,19). The minimum atomic E-state index is 0.0332. The predicted molar refractivity (Wildman–Crippen MR) is 86.7 cm³/mol. The van der Waals surface area contributed by atoms with Crippen molar-refractivity contribution in [2.45, 2.75) is 51.3 Å². The molecule has 1 fully saturated rings. The molecule has 3 rings (SSSR count). The average Bonchev–Trinajstić information content (AvgIpc) is 2.76. The maximum atomic E-state index is 12.4. The summed E-state index contributed by atoms with van der Waals surface area (Å²) in [6.07, 6.45) is 2.88. The van der Waals surface area contributed by atoms with E-state index in [0.29, 0.717) is 12.0 Å². The molecular formula is C15H23N3O2S. The monoisotopic (exact) mass is 309 g/mol. The number of aromatic nitrogens is 2. The van der Waals surface area contributed by atoms with Crippen molar-refractivity contribution in [3.63, 3.8) is 0 Å². The highest BCUT2D eigenvalue weighted by atomic mass is 32.2. The van der Waals surface area contributed by atoms with Crippen molar-refractivity contribution in [1.29, 1.82) is 0 Å². The molecule has 0 radical (unpaired) electrons. The van der Waals surface area contributed by atoms with Gasteiger partial charge < -0.3 is 4.74 Å². The van der Waals surface area contributed by atoms with E-state index in [1.54, 1.807) is 11.8 Å². The summed E-state index contributed by atoms with van der Waals surface area (Å²) in [6.45, 7) is 7.95. The number of hydrogen-bond donors (Lipinski definition) is 1. The van der Waals surface area contributed by atoms with Crippen molar-refractivity contribution < 1.29 is 4.74 Å². The summed E-state index contributed by atoms with van der Waals surface area (Å²) < 4.78 is 7.42. The van der Waals surface area contributed by atoms with Gasteiger partial charge in [-0.15, -0.1) is 11.8 Å². The van der Waals surface area contributed by atoms with Gasteiger partial charge in [-0.2, -0.15) is 0 Å². The first kappa shape index (κ1) is 14.9. The van der Waals surface area contributed by atoms with Gasteiger partial charge in [-0.25, -0.2) is 4.99 Å². The van der Waals surface area contributed by atoms with Crippen LogP contribution in [0.5, 0.6) is 0 Å². The number of rotatable bonds is 3. The van der Waals surface area contributed by atoms with Crippen LogP contribution < -0.4 is 5.56 Å². The van der Waals surface area contributed by atoms with E-state index in [0.717, 1.165) is 48.9 Å². The number of H-pyrrole nitrogens is 1. The molecule has 0 aromatic carbocycles. The van der Waals surface area contributed by atoms with E-state index in [1.807, 2.05) is 11.6 Å². The third kappa shape index (κ3) is 2.97. The van der Waals surface area contributed by atoms with Gasteiger partial charge in [0.05, 0.1) is 16.6 Å². The lowest BCUT2D eigenvalue weighted by Gasteiger charge is -2.26. The van der Waals surface area contributed by atoms with Crippen molar-refractivity contribution in [3.05, 3.63) is 15.9 Å². The highest BCUT2D eigenvalue weighted by Crippen LogP contribution is 2.43. The van der Waals surface area contributed by atoms with Gasteiger partial charge in [0, 0.05) is 18.5 Å². The highest BCUT2D eigenvalue weighted by molar-refractivity contribution is 8.14. The van der Waals surface area contributed by atoms with Crippen LogP contribution in [0, 0.1) is 5.92 Å². The third-order valence-corrected chi connectivity index (χ3v) is 5.22. The van der Waals surface area contributed by atoms with Crippen molar-refractivity contribution in [2.24, 2.45) is 10.9 Å². The zero-order valence-corrected chi connectivity index (χ0v) is 13.7. The summed E-state index contributed by atoms with van der Waals surface area (Å²) in [4.78, 5) is 17.1. The third-order valence-electron chi connectivity index (χ3n) is 4.08. The second-order valence-corrected chi connectivity index (χ2v) is 7.65. The van der Waals surface area contributed by atoms with E-state index >= 15 is 0 Å². The Bertz CT molecular complexity index is 597. The quantitative estimate of drug-likeness (QED) is 0.930. The number of hydrogen-bond acceptors (Lipinski definition) is 4. The van der Waals surface area contributed by atoms with Crippen LogP contribution in [0.3, 0.4) is 0 Å². The van der Waals surface area contributed by atoms with E-state index in [4.69, 9.17) is 4.74 Å². The number of thioether (sulfide) groups is 1. The fourth-order valence-corrected chi connectivity index (χ4v) is 4.46. The number of ether oxygens (including phenoxy) is 1. The molecule has 1 atom stereocenters. The molecule has 2 aliphatic heterocycles. The Kier molecular flexibility index (Phi) is 4.26. The molecular weight excluding hydrogens is 286 g/mol. The minimum absolute atomic E-state index is 0.0332. The normalized spacial score (nSPS) is 23.2. The van der Waals surface area contributed by atoms with Gasteiger partial charge in [0.15, 0.2) is 5.82 Å². The maximum Gasteiger partial charge on any atom is 0.270 e. The molecule has 5 nitrogen and oxygen atoms in total. The largest absolute Gasteiger partial charge is 0.381 e. The molecule has 1 N–H and O–H groups in total. The van der Waals surface area contributed by atoms with Crippen LogP contribution in [0.2, 0.25) is 0 Å². The van der Waals surface area contributed by atoms with Gasteiger partial charge >= 0.3 is 0 Å². The van der Waals surface area contributed by atoms with Gasteiger partial charge in [0.2, 0.25) is 0 Å². The Labute approximate surface area is 129 Å². The van der Waals surface area contributed by atoms with Gasteiger partial charge in [0.25, 0.3) is 5.56 Å². The SMILES string of the molecule is CC1=Nc2c(c(=O)[nH]n2C2CCOCC2)C(CC(C)C)S1. The molecule has 1 aromatic heterocycles. The predicted octanol–water partition coefficient (Wildman–Crippen LogP) is 3.41. The highest BCUT2D eigenvalue weighted by Gasteiger charge is 2.31. The molecule has 0 spiro atoms. The molecule has 1 unspecified atom stereocenters. The number of nitrogens with zero attached hydrogens (tertiary/aromatic N) is 2. The lowest BCUT2D eigenvalue weighted by molar-refractivity contribution is 0.0666. The number of aliphatic imine (C=N–C) groups is 1. The van der Waals surface area contributed by atoms with E-state index in [1.165, 1.54) is 0 Å². The molecule has 21 heavy (non-hydrogen) atoms. The summed E-state index contributed by atoms with van der Waals surface area (Å²) >= 11 is 1.72. The van der Waals surface area contributed by atoms with Crippen molar-refractivity contribution >= 4 is 22.6 Å². The van der Waals surface area contributed by atoms with E-state index in [2.05, 4.69) is 23.9 Å². The van der Waals surface area contributed by atoms with Crippen molar-refractivity contribution in [3.8, 4) is 0 Å². The summed E-state index contributed by atoms with van der Waals surface area (Å²) in [5.74, 6) is 1.42. The van der Waals surface area contributed by atoms with Crippen LogP contribution in [0.1, 0.15) is 56.9 Å². The molecule has 1 saturated heterocycles. The minimum Gasteiger partial charge on any atom is -0.381 e. The van der Waals surface area contributed by atoms with Crippen LogP contribution in [0.15, 0.2) is 9.79 Å². The number of nitrogens with one attached hydrogen (secondary N) is 1. The van der Waals surface area contributed by atoms with Crippen molar-refractivity contribution in [1.82, 2.24) is 9.78 Å². The Morgan fingerprint density at radius 3 is 2.81 bits per heavy atom. The zero-order valence-electron chi connectivity index (χ0n) is 12.9. The first-order valence-electron chi connectivity index (χ1n) is 7.70. The lowest BCUT2D eigenvalue weighted by Crippen LogP contribution is -2.21. The van der Waals surface area contributed by atoms with Crippen LogP contribution >= 0.6 is 11.8 Å². The van der Waals surface area contributed by atoms with Gasteiger partial charge in [-0.1, -0.05) is 13.8 Å². The summed E-state index contributed by atoms with van der Waals surface area (Å²) in [7, 11) is 0. The second-order valence-electron chi connectivity index (χ2n) is 6.26. The van der Waals surface area contributed by atoms with E-state index in [9.17, 15) is 4.79 Å². The fourth-order valence-electron chi connectivity index (χ4n) is 3.10. The van der Waals surface area contributed by atoms with Crippen LogP contribution in [0.4, 0.5) is 5.82 Å². The Hall–Kier alpha value is -1.01. The molecule has 0 saturated carbocycles. The Morgan fingerprint density at radius 1 is 1.43 bits per heavy atom. The Balaban J connectivity index is 2.01. The molecule has 0 bridgehead atoms. The summed E-state index contributed by atoms with van der Waals surface area (Å²) in [5.41, 5.74) is 0.900. The molecule has 0 aliphatic carbocycles. The van der Waals surface area contributed by atoms with Gasteiger partial charge in [-0.05, 0) is 32.1 Å². The summed E-state index contributed by atoms with van der Waals surface area (Å²) in [6, 6.07) is 0.301.